The summed E-state index contributed by atoms with van der Waals surface area (Å²) in [5, 5.41) is 9.47. The molecule has 0 aliphatic rings. The largest absolute Gasteiger partial charge is 0.388 e. The van der Waals surface area contributed by atoms with Gasteiger partial charge in [0.05, 0.1) is 6.10 Å². The van der Waals surface area contributed by atoms with Crippen LogP contribution in [0.5, 0.6) is 0 Å². The first kappa shape index (κ1) is 9.55. The highest BCUT2D eigenvalue weighted by atomic mass is 32.2. The van der Waals surface area contributed by atoms with Crippen molar-refractivity contribution in [3.63, 3.8) is 0 Å². The lowest BCUT2D eigenvalue weighted by Gasteiger charge is -2.08. The molecule has 1 aromatic rings. The van der Waals surface area contributed by atoms with E-state index in [0.29, 0.717) is 5.75 Å². The van der Waals surface area contributed by atoms with Crippen molar-refractivity contribution >= 4 is 11.8 Å². The molecular weight excluding hydrogens is 175 g/mol. The molecule has 0 saturated heterocycles. The fourth-order valence-corrected chi connectivity index (χ4v) is 1.45. The van der Waals surface area contributed by atoms with E-state index in [2.05, 4.69) is 0 Å². The van der Waals surface area contributed by atoms with Gasteiger partial charge in [0.1, 0.15) is 5.82 Å². The van der Waals surface area contributed by atoms with Gasteiger partial charge in [0.25, 0.3) is 0 Å². The van der Waals surface area contributed by atoms with Crippen LogP contribution in [0.1, 0.15) is 11.7 Å². The molecule has 0 spiro atoms. The van der Waals surface area contributed by atoms with Gasteiger partial charge in [0.15, 0.2) is 0 Å². The van der Waals surface area contributed by atoms with E-state index in [1.165, 1.54) is 12.1 Å². The third kappa shape index (κ3) is 2.50. The van der Waals surface area contributed by atoms with Crippen molar-refractivity contribution in [2.45, 2.75) is 6.10 Å². The number of halogens is 1. The molecule has 0 aliphatic heterocycles. The molecule has 1 rings (SSSR count). The Balaban J connectivity index is 2.68. The van der Waals surface area contributed by atoms with E-state index in [1.54, 1.807) is 23.9 Å². The van der Waals surface area contributed by atoms with Gasteiger partial charge in [-0.3, -0.25) is 0 Å². The summed E-state index contributed by atoms with van der Waals surface area (Å²) in [5.41, 5.74) is 0.769. The van der Waals surface area contributed by atoms with Gasteiger partial charge in [-0.25, -0.2) is 4.39 Å². The Morgan fingerprint density at radius 2 is 2.00 bits per heavy atom. The molecule has 0 aromatic heterocycles. The summed E-state index contributed by atoms with van der Waals surface area (Å²) in [4.78, 5) is 0. The zero-order chi connectivity index (χ0) is 8.97. The van der Waals surface area contributed by atoms with Gasteiger partial charge in [0.2, 0.25) is 0 Å². The van der Waals surface area contributed by atoms with Crippen molar-refractivity contribution < 1.29 is 9.50 Å². The van der Waals surface area contributed by atoms with Crippen LogP contribution in [0.2, 0.25) is 0 Å². The number of hydrogen-bond acceptors (Lipinski definition) is 2. The molecule has 66 valence electrons. The molecule has 1 unspecified atom stereocenters. The Kier molecular flexibility index (Phi) is 3.56. The summed E-state index contributed by atoms with van der Waals surface area (Å²) in [6.45, 7) is 0. The second-order valence-corrected chi connectivity index (χ2v) is 3.43. The third-order valence-electron chi connectivity index (χ3n) is 1.58. The van der Waals surface area contributed by atoms with Gasteiger partial charge in [0, 0.05) is 5.75 Å². The molecule has 1 aromatic carbocycles. The molecule has 1 atom stereocenters. The van der Waals surface area contributed by atoms with E-state index >= 15 is 0 Å². The number of benzene rings is 1. The average Bonchev–Trinajstić information content (AvgIpc) is 2.06. The number of aliphatic hydroxyl groups excluding tert-OH is 1. The first-order chi connectivity index (χ1) is 5.74. The molecular formula is C9H11FOS. The number of thioether (sulfide) groups is 1. The quantitative estimate of drug-likeness (QED) is 0.781. The van der Waals surface area contributed by atoms with E-state index in [9.17, 15) is 9.50 Å². The van der Waals surface area contributed by atoms with E-state index in [1.807, 2.05) is 6.26 Å². The number of rotatable bonds is 3. The molecule has 0 bridgehead atoms. The summed E-state index contributed by atoms with van der Waals surface area (Å²) in [5.74, 6) is 0.376. The summed E-state index contributed by atoms with van der Waals surface area (Å²) in [6, 6.07) is 5.93. The van der Waals surface area contributed by atoms with Gasteiger partial charge in [-0.15, -0.1) is 0 Å². The highest BCUT2D eigenvalue weighted by molar-refractivity contribution is 7.98. The molecule has 1 nitrogen and oxygen atoms in total. The summed E-state index contributed by atoms with van der Waals surface area (Å²) in [6.07, 6.45) is 1.44. The maximum absolute atomic E-state index is 12.4. The predicted molar refractivity (Wildman–Crippen MR) is 49.7 cm³/mol. The minimum Gasteiger partial charge on any atom is -0.388 e. The fourth-order valence-electron chi connectivity index (χ4n) is 0.939. The van der Waals surface area contributed by atoms with E-state index in [-0.39, 0.29) is 5.82 Å². The van der Waals surface area contributed by atoms with E-state index in [4.69, 9.17) is 0 Å². The van der Waals surface area contributed by atoms with Gasteiger partial charge in [-0.1, -0.05) is 12.1 Å². The standard InChI is InChI=1S/C9H11FOS/c1-12-6-9(11)7-2-4-8(10)5-3-7/h2-5,9,11H,6H2,1H3. The van der Waals surface area contributed by atoms with Crippen LogP contribution < -0.4 is 0 Å². The van der Waals surface area contributed by atoms with Crippen LogP contribution in [0.25, 0.3) is 0 Å². The van der Waals surface area contributed by atoms with E-state index in [0.717, 1.165) is 5.56 Å². The molecule has 3 heteroatoms. The summed E-state index contributed by atoms with van der Waals surface area (Å²) in [7, 11) is 0. The molecule has 0 aliphatic carbocycles. The molecule has 0 radical (unpaired) electrons. The van der Waals surface area contributed by atoms with Crippen LogP contribution >= 0.6 is 11.8 Å². The van der Waals surface area contributed by atoms with E-state index < -0.39 is 6.10 Å². The van der Waals surface area contributed by atoms with Gasteiger partial charge in [-0.2, -0.15) is 11.8 Å². The second-order valence-electron chi connectivity index (χ2n) is 2.52. The van der Waals surface area contributed by atoms with Crippen molar-refractivity contribution in [3.8, 4) is 0 Å². The van der Waals surface area contributed by atoms with Crippen molar-refractivity contribution in [1.82, 2.24) is 0 Å². The molecule has 0 amide bonds. The lowest BCUT2D eigenvalue weighted by Crippen LogP contribution is -1.99. The Bertz CT molecular complexity index is 235. The highest BCUT2D eigenvalue weighted by Crippen LogP contribution is 2.16. The molecule has 0 saturated carbocycles. The Hall–Kier alpha value is -0.540. The zero-order valence-electron chi connectivity index (χ0n) is 6.83. The average molecular weight is 186 g/mol. The molecule has 1 N–H and O–H groups in total. The zero-order valence-corrected chi connectivity index (χ0v) is 7.64. The van der Waals surface area contributed by atoms with Crippen LogP contribution in [0, 0.1) is 5.82 Å². The topological polar surface area (TPSA) is 20.2 Å². The fraction of sp³-hybridized carbons (Fsp3) is 0.333. The highest BCUT2D eigenvalue weighted by Gasteiger charge is 2.05. The van der Waals surface area contributed by atoms with Crippen LogP contribution in [0.15, 0.2) is 24.3 Å². The monoisotopic (exact) mass is 186 g/mol. The minimum absolute atomic E-state index is 0.268. The van der Waals surface area contributed by atoms with Gasteiger partial charge in [-0.05, 0) is 24.0 Å². The second kappa shape index (κ2) is 4.48. The van der Waals surface area contributed by atoms with Crippen LogP contribution in [0.4, 0.5) is 4.39 Å². The Labute approximate surface area is 75.6 Å². The molecule has 0 heterocycles. The lowest BCUT2D eigenvalue weighted by atomic mass is 10.1. The predicted octanol–water partition coefficient (Wildman–Crippen LogP) is 2.22. The first-order valence-electron chi connectivity index (χ1n) is 3.66. The number of aliphatic hydroxyl groups is 1. The van der Waals surface area contributed by atoms with Crippen LogP contribution in [-0.4, -0.2) is 17.1 Å². The Morgan fingerprint density at radius 3 is 2.50 bits per heavy atom. The van der Waals surface area contributed by atoms with Crippen molar-refractivity contribution in [3.05, 3.63) is 35.6 Å². The van der Waals surface area contributed by atoms with Crippen molar-refractivity contribution in [2.24, 2.45) is 0 Å². The van der Waals surface area contributed by atoms with Crippen molar-refractivity contribution in [1.29, 1.82) is 0 Å². The normalized spacial score (nSPS) is 12.9. The SMILES string of the molecule is CSCC(O)c1ccc(F)cc1. The lowest BCUT2D eigenvalue weighted by molar-refractivity contribution is 0.204. The van der Waals surface area contributed by atoms with Gasteiger partial charge < -0.3 is 5.11 Å². The summed E-state index contributed by atoms with van der Waals surface area (Å²) >= 11 is 1.57. The smallest absolute Gasteiger partial charge is 0.123 e. The molecule has 12 heavy (non-hydrogen) atoms. The minimum atomic E-state index is -0.486. The molecule has 0 fully saturated rings. The van der Waals surface area contributed by atoms with Crippen molar-refractivity contribution in [2.75, 3.05) is 12.0 Å². The maximum Gasteiger partial charge on any atom is 0.123 e. The van der Waals surface area contributed by atoms with Gasteiger partial charge >= 0.3 is 0 Å². The third-order valence-corrected chi connectivity index (χ3v) is 2.23. The van der Waals surface area contributed by atoms with Crippen LogP contribution in [-0.2, 0) is 0 Å². The summed E-state index contributed by atoms with van der Waals surface area (Å²) < 4.78 is 12.4. The van der Waals surface area contributed by atoms with Crippen LogP contribution in [0.3, 0.4) is 0 Å². The Morgan fingerprint density at radius 1 is 1.42 bits per heavy atom. The first-order valence-corrected chi connectivity index (χ1v) is 5.06. The maximum atomic E-state index is 12.4. The number of hydrogen-bond donors (Lipinski definition) is 1.